The molecule has 0 radical (unpaired) electrons. The van der Waals surface area contributed by atoms with E-state index >= 15 is 0 Å². The Labute approximate surface area is 183 Å². The summed E-state index contributed by atoms with van der Waals surface area (Å²) in [6, 6.07) is 17.4. The van der Waals surface area contributed by atoms with Crippen LogP contribution in [0, 0.1) is 11.8 Å². The summed E-state index contributed by atoms with van der Waals surface area (Å²) in [7, 11) is 1.66. The molecule has 2 aromatic rings. The van der Waals surface area contributed by atoms with E-state index in [0.29, 0.717) is 25.9 Å². The molecule has 1 saturated heterocycles. The fourth-order valence-electron chi connectivity index (χ4n) is 4.35. The lowest BCUT2D eigenvalue weighted by Crippen LogP contribution is -2.52. The Kier molecular flexibility index (Phi) is 6.55. The van der Waals surface area contributed by atoms with Crippen molar-refractivity contribution in [3.63, 3.8) is 0 Å². The molecule has 1 aliphatic carbocycles. The van der Waals surface area contributed by atoms with Gasteiger partial charge in [0.05, 0.1) is 18.9 Å². The highest BCUT2D eigenvalue weighted by Crippen LogP contribution is 2.30. The van der Waals surface area contributed by atoms with Crippen molar-refractivity contribution in [2.45, 2.75) is 12.8 Å². The summed E-state index contributed by atoms with van der Waals surface area (Å²) < 4.78 is 5.23. The van der Waals surface area contributed by atoms with Crippen molar-refractivity contribution >= 4 is 23.2 Å². The van der Waals surface area contributed by atoms with Gasteiger partial charge < -0.3 is 19.9 Å². The highest BCUT2D eigenvalue weighted by atomic mass is 16.5. The lowest BCUT2D eigenvalue weighted by atomic mass is 9.81. The predicted octanol–water partition coefficient (Wildman–Crippen LogP) is 3.56. The van der Waals surface area contributed by atoms with E-state index in [1.807, 2.05) is 71.6 Å². The van der Waals surface area contributed by atoms with Crippen LogP contribution in [0.5, 0.6) is 5.75 Å². The Bertz CT molecular complexity index is 919. The first kappa shape index (κ1) is 21.0. The van der Waals surface area contributed by atoms with Gasteiger partial charge in [0.15, 0.2) is 0 Å². The van der Waals surface area contributed by atoms with Crippen LogP contribution < -0.4 is 15.0 Å². The third kappa shape index (κ3) is 4.90. The molecule has 2 unspecified atom stereocenters. The number of piperazine rings is 1. The molecule has 2 amide bonds. The van der Waals surface area contributed by atoms with Crippen LogP contribution in [-0.4, -0.2) is 50.0 Å². The van der Waals surface area contributed by atoms with Crippen LogP contribution in [0.15, 0.2) is 66.7 Å². The van der Waals surface area contributed by atoms with Crippen LogP contribution in [-0.2, 0) is 9.59 Å². The van der Waals surface area contributed by atoms with E-state index in [1.165, 1.54) is 0 Å². The summed E-state index contributed by atoms with van der Waals surface area (Å²) in [5, 5.41) is 2.98. The highest BCUT2D eigenvalue weighted by molar-refractivity contribution is 5.96. The first-order chi connectivity index (χ1) is 15.2. The molecule has 4 rings (SSSR count). The minimum Gasteiger partial charge on any atom is -0.497 e. The molecular weight excluding hydrogens is 390 g/mol. The number of hydrogen-bond acceptors (Lipinski definition) is 4. The van der Waals surface area contributed by atoms with E-state index in [0.717, 1.165) is 30.2 Å². The van der Waals surface area contributed by atoms with Crippen LogP contribution >= 0.6 is 0 Å². The molecule has 0 spiro atoms. The second-order valence-corrected chi connectivity index (χ2v) is 8.02. The van der Waals surface area contributed by atoms with Gasteiger partial charge in [-0.3, -0.25) is 9.59 Å². The number of amides is 2. The molecule has 1 fully saturated rings. The largest absolute Gasteiger partial charge is 0.497 e. The van der Waals surface area contributed by atoms with Gasteiger partial charge >= 0.3 is 0 Å². The molecule has 0 saturated carbocycles. The molecular formula is C25H29N3O3. The number of nitrogens with one attached hydrogen (secondary N) is 1. The van der Waals surface area contributed by atoms with Gasteiger partial charge in [-0.1, -0.05) is 30.4 Å². The number of para-hydroxylation sites is 1. The lowest BCUT2D eigenvalue weighted by Gasteiger charge is -2.39. The summed E-state index contributed by atoms with van der Waals surface area (Å²) in [6.45, 7) is 2.89. The molecule has 6 nitrogen and oxygen atoms in total. The standard InChI is InChI=1S/C25H29N3O3/c1-31-21-13-11-20(12-14-21)27-15-17-28(18-16-27)25(30)23-10-6-5-9-22(23)24(29)26-19-7-3-2-4-8-19/h2-8,11-14,22-23H,9-10,15-18H2,1H3,(H,26,29). The Morgan fingerprint density at radius 1 is 0.871 bits per heavy atom. The average molecular weight is 420 g/mol. The number of benzene rings is 2. The smallest absolute Gasteiger partial charge is 0.228 e. The van der Waals surface area contributed by atoms with E-state index in [4.69, 9.17) is 4.74 Å². The van der Waals surface area contributed by atoms with Crippen LogP contribution in [0.3, 0.4) is 0 Å². The third-order valence-corrected chi connectivity index (χ3v) is 6.16. The van der Waals surface area contributed by atoms with Crippen LogP contribution in [0.2, 0.25) is 0 Å². The van der Waals surface area contributed by atoms with E-state index in [9.17, 15) is 9.59 Å². The fourth-order valence-corrected chi connectivity index (χ4v) is 4.35. The van der Waals surface area contributed by atoms with Crippen molar-refractivity contribution in [3.8, 4) is 5.75 Å². The highest BCUT2D eigenvalue weighted by Gasteiger charge is 2.37. The van der Waals surface area contributed by atoms with Gasteiger partial charge in [-0.2, -0.15) is 0 Å². The third-order valence-electron chi connectivity index (χ3n) is 6.16. The van der Waals surface area contributed by atoms with Crippen molar-refractivity contribution in [2.75, 3.05) is 43.5 Å². The first-order valence-electron chi connectivity index (χ1n) is 10.8. The molecule has 162 valence electrons. The van der Waals surface area contributed by atoms with Gasteiger partial charge in [0.25, 0.3) is 0 Å². The molecule has 1 N–H and O–H groups in total. The normalized spacial score (nSPS) is 20.9. The number of allylic oxidation sites excluding steroid dienone is 2. The second-order valence-electron chi connectivity index (χ2n) is 8.02. The number of carbonyl (C=O) groups excluding carboxylic acids is 2. The zero-order chi connectivity index (χ0) is 21.6. The number of ether oxygens (including phenoxy) is 1. The minimum absolute atomic E-state index is 0.0780. The van der Waals surface area contributed by atoms with E-state index < -0.39 is 0 Å². The van der Waals surface area contributed by atoms with Crippen LogP contribution in [0.4, 0.5) is 11.4 Å². The zero-order valence-electron chi connectivity index (χ0n) is 17.9. The van der Waals surface area contributed by atoms with Gasteiger partial charge in [-0.25, -0.2) is 0 Å². The van der Waals surface area contributed by atoms with Crippen molar-refractivity contribution in [1.29, 1.82) is 0 Å². The number of nitrogens with zero attached hydrogens (tertiary/aromatic N) is 2. The maximum absolute atomic E-state index is 13.3. The predicted molar refractivity (Wildman–Crippen MR) is 122 cm³/mol. The monoisotopic (exact) mass is 419 g/mol. The molecule has 2 atom stereocenters. The number of carbonyl (C=O) groups is 2. The second kappa shape index (κ2) is 9.69. The molecule has 0 bridgehead atoms. The molecule has 6 heteroatoms. The summed E-state index contributed by atoms with van der Waals surface area (Å²) in [5.41, 5.74) is 1.90. The molecule has 2 aromatic carbocycles. The van der Waals surface area contributed by atoms with Gasteiger partial charge in [-0.15, -0.1) is 0 Å². The summed E-state index contributed by atoms with van der Waals surface area (Å²) in [4.78, 5) is 30.4. The van der Waals surface area contributed by atoms with Gasteiger partial charge in [0.1, 0.15) is 5.75 Å². The number of rotatable bonds is 5. The Hall–Kier alpha value is -3.28. The van der Waals surface area contributed by atoms with Gasteiger partial charge in [0, 0.05) is 37.6 Å². The SMILES string of the molecule is COc1ccc(N2CCN(C(=O)C3CC=CCC3C(=O)Nc3ccccc3)CC2)cc1. The van der Waals surface area contributed by atoms with Crippen molar-refractivity contribution in [2.24, 2.45) is 11.8 Å². The van der Waals surface area contributed by atoms with E-state index in [2.05, 4.69) is 10.2 Å². The minimum atomic E-state index is -0.336. The first-order valence-corrected chi connectivity index (χ1v) is 10.8. The summed E-state index contributed by atoms with van der Waals surface area (Å²) >= 11 is 0. The Morgan fingerprint density at radius 2 is 1.52 bits per heavy atom. The van der Waals surface area contributed by atoms with Gasteiger partial charge in [-0.05, 0) is 49.2 Å². The van der Waals surface area contributed by atoms with E-state index in [1.54, 1.807) is 7.11 Å². The van der Waals surface area contributed by atoms with Crippen molar-refractivity contribution < 1.29 is 14.3 Å². The Morgan fingerprint density at radius 3 is 2.16 bits per heavy atom. The van der Waals surface area contributed by atoms with Crippen LogP contribution in [0.1, 0.15) is 12.8 Å². The molecule has 1 aliphatic heterocycles. The zero-order valence-corrected chi connectivity index (χ0v) is 17.9. The van der Waals surface area contributed by atoms with Crippen molar-refractivity contribution in [1.82, 2.24) is 4.90 Å². The van der Waals surface area contributed by atoms with Crippen molar-refractivity contribution in [3.05, 3.63) is 66.7 Å². The number of methoxy groups -OCH3 is 1. The molecule has 31 heavy (non-hydrogen) atoms. The number of hydrogen-bond donors (Lipinski definition) is 1. The lowest BCUT2D eigenvalue weighted by molar-refractivity contribution is -0.141. The fraction of sp³-hybridized carbons (Fsp3) is 0.360. The summed E-state index contributed by atoms with van der Waals surface area (Å²) in [5.74, 6) is 0.207. The van der Waals surface area contributed by atoms with Gasteiger partial charge in [0.2, 0.25) is 11.8 Å². The molecule has 0 aromatic heterocycles. The maximum atomic E-state index is 13.3. The number of anilines is 2. The maximum Gasteiger partial charge on any atom is 0.228 e. The quantitative estimate of drug-likeness (QED) is 0.753. The Balaban J connectivity index is 1.37. The van der Waals surface area contributed by atoms with E-state index in [-0.39, 0.29) is 23.7 Å². The molecule has 1 heterocycles. The summed E-state index contributed by atoms with van der Waals surface area (Å²) in [6.07, 6.45) is 5.26. The topological polar surface area (TPSA) is 61.9 Å². The molecule has 2 aliphatic rings. The van der Waals surface area contributed by atoms with Crippen LogP contribution in [0.25, 0.3) is 0 Å². The average Bonchev–Trinajstić information content (AvgIpc) is 2.84.